The maximum absolute atomic E-state index is 10.4. The van der Waals surface area contributed by atoms with Crippen molar-refractivity contribution in [1.29, 1.82) is 0 Å². The predicted molar refractivity (Wildman–Crippen MR) is 56.8 cm³/mol. The Bertz CT molecular complexity index is 265. The van der Waals surface area contributed by atoms with Crippen molar-refractivity contribution in [3.8, 4) is 0 Å². The first-order valence-electron chi connectivity index (χ1n) is 5.92. The maximum atomic E-state index is 10.4. The molecule has 0 aromatic heterocycles. The molecule has 0 heterocycles. The monoisotopic (exact) mass is 192 g/mol. The molecule has 0 aromatic rings. The molecule has 4 saturated carbocycles. The SMILES string of the molecule is C=CC1(C)C2CC3CC1CC(O)(C3)C2. The van der Waals surface area contributed by atoms with Gasteiger partial charge in [-0.1, -0.05) is 13.0 Å². The van der Waals surface area contributed by atoms with E-state index in [0.717, 1.165) is 25.2 Å². The van der Waals surface area contributed by atoms with Crippen molar-refractivity contribution in [3.05, 3.63) is 12.7 Å². The Kier molecular flexibility index (Phi) is 1.56. The van der Waals surface area contributed by atoms with E-state index in [9.17, 15) is 5.11 Å². The molecule has 4 bridgehead atoms. The third-order valence-electron chi connectivity index (χ3n) is 5.36. The molecule has 4 aliphatic rings. The zero-order chi connectivity index (χ0) is 9.97. The van der Waals surface area contributed by atoms with Crippen LogP contribution < -0.4 is 0 Å². The molecule has 1 heteroatoms. The lowest BCUT2D eigenvalue weighted by atomic mass is 9.44. The predicted octanol–water partition coefficient (Wildman–Crippen LogP) is 2.75. The number of hydrogen-bond donors (Lipinski definition) is 1. The van der Waals surface area contributed by atoms with Crippen LogP contribution in [0.5, 0.6) is 0 Å². The van der Waals surface area contributed by atoms with Gasteiger partial charge in [0.2, 0.25) is 0 Å². The van der Waals surface area contributed by atoms with Crippen molar-refractivity contribution in [1.82, 2.24) is 0 Å². The molecule has 0 amide bonds. The van der Waals surface area contributed by atoms with Gasteiger partial charge in [0, 0.05) is 0 Å². The summed E-state index contributed by atoms with van der Waals surface area (Å²) in [6.07, 6.45) is 7.98. The topological polar surface area (TPSA) is 20.2 Å². The van der Waals surface area contributed by atoms with Gasteiger partial charge in [-0.2, -0.15) is 0 Å². The molecule has 1 N–H and O–H groups in total. The summed E-state index contributed by atoms with van der Waals surface area (Å²) in [4.78, 5) is 0. The standard InChI is InChI=1S/C13H20O/c1-3-12(2)10-4-9-5-11(12)8-13(14,6-9)7-10/h3,9-11,14H,1,4-8H2,2H3. The summed E-state index contributed by atoms with van der Waals surface area (Å²) in [5.74, 6) is 2.22. The van der Waals surface area contributed by atoms with Gasteiger partial charge in [-0.15, -0.1) is 6.58 Å². The van der Waals surface area contributed by atoms with Crippen molar-refractivity contribution in [2.24, 2.45) is 23.2 Å². The molecule has 14 heavy (non-hydrogen) atoms. The lowest BCUT2D eigenvalue weighted by Gasteiger charge is -2.62. The zero-order valence-electron chi connectivity index (χ0n) is 9.00. The molecule has 0 aliphatic heterocycles. The minimum absolute atomic E-state index is 0.293. The highest BCUT2D eigenvalue weighted by Crippen LogP contribution is 2.63. The van der Waals surface area contributed by atoms with E-state index in [1.54, 1.807) is 0 Å². The van der Waals surface area contributed by atoms with Crippen LogP contribution in [0.2, 0.25) is 0 Å². The molecular formula is C13H20O. The normalized spacial score (nSPS) is 60.3. The third kappa shape index (κ3) is 0.942. The summed E-state index contributed by atoms with van der Waals surface area (Å²) >= 11 is 0. The molecule has 2 atom stereocenters. The van der Waals surface area contributed by atoms with Gasteiger partial charge in [0.15, 0.2) is 0 Å². The van der Waals surface area contributed by atoms with Crippen LogP contribution in [0, 0.1) is 23.2 Å². The lowest BCUT2D eigenvalue weighted by Crippen LogP contribution is -2.58. The van der Waals surface area contributed by atoms with E-state index in [1.165, 1.54) is 12.8 Å². The highest BCUT2D eigenvalue weighted by atomic mass is 16.3. The fourth-order valence-corrected chi connectivity index (χ4v) is 4.55. The molecule has 0 aromatic carbocycles. The van der Waals surface area contributed by atoms with E-state index in [4.69, 9.17) is 0 Å². The molecule has 0 radical (unpaired) electrons. The van der Waals surface area contributed by atoms with Gasteiger partial charge in [0.1, 0.15) is 0 Å². The molecule has 4 aliphatic carbocycles. The van der Waals surface area contributed by atoms with Crippen molar-refractivity contribution < 1.29 is 5.11 Å². The second-order valence-electron chi connectivity index (χ2n) is 6.14. The Hall–Kier alpha value is -0.300. The summed E-state index contributed by atoms with van der Waals surface area (Å²) in [7, 11) is 0. The van der Waals surface area contributed by atoms with E-state index < -0.39 is 0 Å². The summed E-state index contributed by atoms with van der Waals surface area (Å²) in [5.41, 5.74) is 0.0299. The van der Waals surface area contributed by atoms with Gasteiger partial charge in [-0.05, 0) is 55.3 Å². The molecular weight excluding hydrogens is 172 g/mol. The summed E-state index contributed by atoms with van der Waals surface area (Å²) < 4.78 is 0. The average Bonchev–Trinajstić information content (AvgIpc) is 2.11. The van der Waals surface area contributed by atoms with E-state index in [1.807, 2.05) is 0 Å². The second-order valence-corrected chi connectivity index (χ2v) is 6.14. The van der Waals surface area contributed by atoms with Crippen LogP contribution in [0.1, 0.15) is 39.0 Å². The quantitative estimate of drug-likeness (QED) is 0.633. The van der Waals surface area contributed by atoms with E-state index in [0.29, 0.717) is 17.3 Å². The first-order chi connectivity index (χ1) is 6.56. The Labute approximate surface area is 86.2 Å². The molecule has 4 fully saturated rings. The maximum Gasteiger partial charge on any atom is 0.0656 e. The van der Waals surface area contributed by atoms with Crippen LogP contribution in [0.15, 0.2) is 12.7 Å². The largest absolute Gasteiger partial charge is 0.390 e. The van der Waals surface area contributed by atoms with Gasteiger partial charge >= 0.3 is 0 Å². The lowest BCUT2D eigenvalue weighted by molar-refractivity contribution is -0.170. The van der Waals surface area contributed by atoms with Gasteiger partial charge < -0.3 is 5.11 Å². The number of hydrogen-bond acceptors (Lipinski definition) is 1. The first kappa shape index (κ1) is 8.96. The van der Waals surface area contributed by atoms with Crippen molar-refractivity contribution >= 4 is 0 Å². The summed E-state index contributed by atoms with van der Waals surface area (Å²) in [6.45, 7) is 6.38. The molecule has 0 spiro atoms. The van der Waals surface area contributed by atoms with Crippen LogP contribution in [0.3, 0.4) is 0 Å². The van der Waals surface area contributed by atoms with Crippen LogP contribution in [-0.2, 0) is 0 Å². The van der Waals surface area contributed by atoms with Crippen LogP contribution in [-0.4, -0.2) is 10.7 Å². The molecule has 2 unspecified atom stereocenters. The molecule has 78 valence electrons. The van der Waals surface area contributed by atoms with Crippen molar-refractivity contribution in [3.63, 3.8) is 0 Å². The fourth-order valence-electron chi connectivity index (χ4n) is 4.55. The van der Waals surface area contributed by atoms with Gasteiger partial charge in [0.05, 0.1) is 5.60 Å². The van der Waals surface area contributed by atoms with E-state index >= 15 is 0 Å². The van der Waals surface area contributed by atoms with E-state index in [-0.39, 0.29) is 5.60 Å². The number of allylic oxidation sites excluding steroid dienone is 1. The van der Waals surface area contributed by atoms with Gasteiger partial charge in [-0.25, -0.2) is 0 Å². The second kappa shape index (κ2) is 2.44. The Morgan fingerprint density at radius 3 is 2.21 bits per heavy atom. The van der Waals surface area contributed by atoms with Crippen LogP contribution >= 0.6 is 0 Å². The van der Waals surface area contributed by atoms with Crippen molar-refractivity contribution in [2.75, 3.05) is 0 Å². The Balaban J connectivity index is 2.00. The van der Waals surface area contributed by atoms with E-state index in [2.05, 4.69) is 19.6 Å². The third-order valence-corrected chi connectivity index (χ3v) is 5.36. The Morgan fingerprint density at radius 1 is 1.21 bits per heavy atom. The first-order valence-corrected chi connectivity index (χ1v) is 5.92. The van der Waals surface area contributed by atoms with Crippen molar-refractivity contribution in [2.45, 2.75) is 44.6 Å². The minimum atomic E-state index is -0.293. The number of rotatable bonds is 1. The van der Waals surface area contributed by atoms with Crippen LogP contribution in [0.4, 0.5) is 0 Å². The molecule has 0 saturated heterocycles. The highest BCUT2D eigenvalue weighted by molar-refractivity contribution is 5.14. The number of aliphatic hydroxyl groups is 1. The minimum Gasteiger partial charge on any atom is -0.390 e. The highest BCUT2D eigenvalue weighted by Gasteiger charge is 2.58. The molecule has 4 rings (SSSR count). The summed E-state index contributed by atoms with van der Waals surface area (Å²) in [5, 5.41) is 10.4. The zero-order valence-corrected chi connectivity index (χ0v) is 9.00. The van der Waals surface area contributed by atoms with Gasteiger partial charge in [-0.3, -0.25) is 0 Å². The van der Waals surface area contributed by atoms with Crippen LogP contribution in [0.25, 0.3) is 0 Å². The fraction of sp³-hybridized carbons (Fsp3) is 0.846. The van der Waals surface area contributed by atoms with Gasteiger partial charge in [0.25, 0.3) is 0 Å². The Morgan fingerprint density at radius 2 is 1.79 bits per heavy atom. The molecule has 1 nitrogen and oxygen atoms in total. The summed E-state index contributed by atoms with van der Waals surface area (Å²) in [6, 6.07) is 0. The smallest absolute Gasteiger partial charge is 0.0656 e. The average molecular weight is 192 g/mol.